The maximum atomic E-state index is 13.7. The molecule has 1 atom stereocenters. The predicted octanol–water partition coefficient (Wildman–Crippen LogP) is 4.50. The largest absolute Gasteiger partial charge is 0.369 e. The molecule has 0 N–H and O–H groups in total. The summed E-state index contributed by atoms with van der Waals surface area (Å²) in [5.41, 5.74) is 3.54. The van der Waals surface area contributed by atoms with Crippen LogP contribution in [0.3, 0.4) is 0 Å². The average Bonchev–Trinajstić information content (AvgIpc) is 3.41. The zero-order valence-electron chi connectivity index (χ0n) is 18.2. The first-order valence-corrected chi connectivity index (χ1v) is 12.5. The van der Waals surface area contributed by atoms with Gasteiger partial charge in [0.05, 0.1) is 10.4 Å². The van der Waals surface area contributed by atoms with Crippen molar-refractivity contribution in [3.63, 3.8) is 0 Å². The highest BCUT2D eigenvalue weighted by atomic mass is 32.2. The van der Waals surface area contributed by atoms with Crippen molar-refractivity contribution in [2.45, 2.75) is 37.6 Å². The molecule has 2 aliphatic heterocycles. The van der Waals surface area contributed by atoms with Gasteiger partial charge in [-0.25, -0.2) is 12.4 Å². The number of anilines is 1. The van der Waals surface area contributed by atoms with E-state index in [1.165, 1.54) is 23.4 Å². The lowest BCUT2D eigenvalue weighted by molar-refractivity contribution is 0.231. The quantitative estimate of drug-likeness (QED) is 0.605. The van der Waals surface area contributed by atoms with Gasteiger partial charge in [-0.05, 0) is 68.6 Å². The van der Waals surface area contributed by atoms with Gasteiger partial charge in [-0.1, -0.05) is 30.4 Å². The molecule has 2 fully saturated rings. The van der Waals surface area contributed by atoms with Crippen LogP contribution in [-0.2, 0) is 10.0 Å². The molecule has 0 aliphatic carbocycles. The van der Waals surface area contributed by atoms with E-state index in [9.17, 15) is 8.42 Å². The van der Waals surface area contributed by atoms with Crippen LogP contribution in [0.2, 0.25) is 0 Å². The second kappa shape index (κ2) is 7.84. The summed E-state index contributed by atoms with van der Waals surface area (Å²) in [6.07, 6.45) is 7.98. The molecule has 2 aromatic carbocycles. The van der Waals surface area contributed by atoms with Gasteiger partial charge in [0, 0.05) is 42.9 Å². The summed E-state index contributed by atoms with van der Waals surface area (Å²) >= 11 is 0. The van der Waals surface area contributed by atoms with Crippen molar-refractivity contribution < 1.29 is 8.42 Å². The second-order valence-corrected chi connectivity index (χ2v) is 10.4. The van der Waals surface area contributed by atoms with Gasteiger partial charge >= 0.3 is 0 Å². The number of nitrogens with zero attached hydrogens (tertiary/aromatic N) is 3. The lowest BCUT2D eigenvalue weighted by atomic mass is 10.1. The Hall–Kier alpha value is -2.57. The molecular weight excluding hydrogens is 406 g/mol. The number of benzene rings is 2. The molecule has 0 saturated carbocycles. The SMILES string of the molecule is CC=Cc1c(C)cccc1S(=O)(=O)n1ccc2ccc(N3CCN4CCCC4C3)cc21. The van der Waals surface area contributed by atoms with Gasteiger partial charge in [0.2, 0.25) is 0 Å². The minimum Gasteiger partial charge on any atom is -0.369 e. The van der Waals surface area contributed by atoms with Crippen molar-refractivity contribution in [1.82, 2.24) is 8.87 Å². The molecule has 162 valence electrons. The van der Waals surface area contributed by atoms with Crippen LogP contribution in [0.5, 0.6) is 0 Å². The van der Waals surface area contributed by atoms with Crippen molar-refractivity contribution in [2.75, 3.05) is 31.1 Å². The highest BCUT2D eigenvalue weighted by Crippen LogP contribution is 2.31. The van der Waals surface area contributed by atoms with Crippen LogP contribution in [0.25, 0.3) is 17.0 Å². The minimum absolute atomic E-state index is 0.341. The number of allylic oxidation sites excluding steroid dienone is 1. The third kappa shape index (κ3) is 3.48. The molecule has 1 aromatic heterocycles. The van der Waals surface area contributed by atoms with Crippen molar-refractivity contribution in [3.05, 3.63) is 65.9 Å². The molecule has 3 heterocycles. The zero-order valence-corrected chi connectivity index (χ0v) is 19.0. The summed E-state index contributed by atoms with van der Waals surface area (Å²) in [7, 11) is -3.72. The minimum atomic E-state index is -3.72. The molecule has 2 aliphatic rings. The van der Waals surface area contributed by atoms with Gasteiger partial charge in [-0.2, -0.15) is 0 Å². The predicted molar refractivity (Wildman–Crippen MR) is 127 cm³/mol. The summed E-state index contributed by atoms with van der Waals surface area (Å²) < 4.78 is 28.8. The number of piperazine rings is 1. The normalized spacial score (nSPS) is 20.1. The molecular formula is C25H29N3O2S. The third-order valence-corrected chi connectivity index (χ3v) is 8.50. The molecule has 0 radical (unpaired) electrons. The summed E-state index contributed by atoms with van der Waals surface area (Å²) in [6, 6.07) is 14.2. The smallest absolute Gasteiger partial charge is 0.268 e. The van der Waals surface area contributed by atoms with Crippen molar-refractivity contribution >= 4 is 32.7 Å². The third-order valence-electron chi connectivity index (χ3n) is 6.75. The fourth-order valence-electron chi connectivity index (χ4n) is 5.09. The van der Waals surface area contributed by atoms with Gasteiger partial charge in [-0.15, -0.1) is 0 Å². The van der Waals surface area contributed by atoms with E-state index in [-0.39, 0.29) is 0 Å². The van der Waals surface area contributed by atoms with Gasteiger partial charge in [0.15, 0.2) is 0 Å². The van der Waals surface area contributed by atoms with E-state index in [4.69, 9.17) is 0 Å². The van der Waals surface area contributed by atoms with Gasteiger partial charge in [0.25, 0.3) is 10.0 Å². The van der Waals surface area contributed by atoms with E-state index >= 15 is 0 Å². The van der Waals surface area contributed by atoms with Crippen molar-refractivity contribution in [2.24, 2.45) is 0 Å². The number of aryl methyl sites for hydroxylation is 1. The Bertz CT molecular complexity index is 1260. The summed E-state index contributed by atoms with van der Waals surface area (Å²) in [5, 5.41) is 0.937. The standard InChI is InChI=1S/C25H29N3O2S/c1-3-6-23-19(2)7-4-9-25(23)31(29,30)28-14-12-20-10-11-21(17-24(20)28)27-16-15-26-13-5-8-22(26)18-27/h3-4,6-7,9-12,14,17,22H,5,8,13,15-16,18H2,1-2H3. The Balaban J connectivity index is 1.57. The lowest BCUT2D eigenvalue weighted by Gasteiger charge is -2.38. The Morgan fingerprint density at radius 3 is 2.77 bits per heavy atom. The highest BCUT2D eigenvalue weighted by Gasteiger charge is 2.31. The van der Waals surface area contributed by atoms with E-state index in [2.05, 4.69) is 15.9 Å². The van der Waals surface area contributed by atoms with E-state index in [1.54, 1.807) is 12.3 Å². The lowest BCUT2D eigenvalue weighted by Crippen LogP contribution is -2.50. The van der Waals surface area contributed by atoms with Crippen LogP contribution in [0, 0.1) is 6.92 Å². The van der Waals surface area contributed by atoms with Crippen molar-refractivity contribution in [3.8, 4) is 0 Å². The highest BCUT2D eigenvalue weighted by molar-refractivity contribution is 7.90. The van der Waals surface area contributed by atoms with Crippen LogP contribution in [-0.4, -0.2) is 49.5 Å². The van der Waals surface area contributed by atoms with E-state index in [1.807, 2.05) is 56.3 Å². The number of aromatic nitrogens is 1. The van der Waals surface area contributed by atoms with Crippen LogP contribution in [0.1, 0.15) is 30.9 Å². The molecule has 5 rings (SSSR count). The number of rotatable bonds is 4. The summed E-state index contributed by atoms with van der Waals surface area (Å²) in [5.74, 6) is 0. The Labute approximate surface area is 184 Å². The maximum absolute atomic E-state index is 13.7. The number of hydrogen-bond donors (Lipinski definition) is 0. The van der Waals surface area contributed by atoms with Crippen molar-refractivity contribution in [1.29, 1.82) is 0 Å². The van der Waals surface area contributed by atoms with Crippen LogP contribution < -0.4 is 4.90 Å². The van der Waals surface area contributed by atoms with Crippen LogP contribution in [0.4, 0.5) is 5.69 Å². The Kier molecular flexibility index (Phi) is 5.15. The van der Waals surface area contributed by atoms with E-state index in [0.29, 0.717) is 10.9 Å². The summed E-state index contributed by atoms with van der Waals surface area (Å²) in [6.45, 7) is 8.15. The fraction of sp³-hybridized carbons (Fsp3) is 0.360. The number of hydrogen-bond acceptors (Lipinski definition) is 4. The first kappa shape index (κ1) is 20.3. The van der Waals surface area contributed by atoms with Crippen LogP contribution in [0.15, 0.2) is 59.6 Å². The summed E-state index contributed by atoms with van der Waals surface area (Å²) in [4.78, 5) is 5.34. The molecule has 3 aromatic rings. The molecule has 0 amide bonds. The van der Waals surface area contributed by atoms with E-state index in [0.717, 1.165) is 47.4 Å². The maximum Gasteiger partial charge on any atom is 0.268 e. The van der Waals surface area contributed by atoms with Gasteiger partial charge in [-0.3, -0.25) is 4.90 Å². The van der Waals surface area contributed by atoms with Gasteiger partial charge < -0.3 is 4.90 Å². The molecule has 1 unspecified atom stereocenters. The Morgan fingerprint density at radius 1 is 1.06 bits per heavy atom. The fourth-order valence-corrected chi connectivity index (χ4v) is 6.70. The monoisotopic (exact) mass is 435 g/mol. The first-order chi connectivity index (χ1) is 15.0. The molecule has 2 saturated heterocycles. The Morgan fingerprint density at radius 2 is 1.94 bits per heavy atom. The van der Waals surface area contributed by atoms with E-state index < -0.39 is 10.0 Å². The zero-order chi connectivity index (χ0) is 21.6. The second-order valence-electron chi connectivity index (χ2n) is 8.62. The van der Waals surface area contributed by atoms with Gasteiger partial charge in [0.1, 0.15) is 0 Å². The van der Waals surface area contributed by atoms with Crippen LogP contribution >= 0.6 is 0 Å². The molecule has 5 nitrogen and oxygen atoms in total. The molecule has 6 heteroatoms. The average molecular weight is 436 g/mol. The first-order valence-electron chi connectivity index (χ1n) is 11.1. The number of fused-ring (bicyclic) bond motifs is 2. The molecule has 31 heavy (non-hydrogen) atoms. The molecule has 0 bridgehead atoms. The topological polar surface area (TPSA) is 45.6 Å². The molecule has 0 spiro atoms.